The Bertz CT molecular complexity index is 513. The van der Waals surface area contributed by atoms with Crippen LogP contribution in [-0.2, 0) is 23.9 Å². The van der Waals surface area contributed by atoms with Gasteiger partial charge in [-0.25, -0.2) is 4.79 Å². The number of guanidine groups is 1. The molecule has 1 amide bonds. The van der Waals surface area contributed by atoms with Crippen LogP contribution < -0.4 is 5.32 Å². The van der Waals surface area contributed by atoms with E-state index in [9.17, 15) is 14.4 Å². The second-order valence-corrected chi connectivity index (χ2v) is 5.24. The number of nitrogens with one attached hydrogen (secondary N) is 2. The van der Waals surface area contributed by atoms with E-state index in [-0.39, 0.29) is 24.4 Å². The van der Waals surface area contributed by atoms with Gasteiger partial charge < -0.3 is 14.4 Å². The Morgan fingerprint density at radius 1 is 1.26 bits per heavy atom. The molecule has 1 rings (SSSR count). The fourth-order valence-electron chi connectivity index (χ4n) is 2.16. The second kappa shape index (κ2) is 10.6. The zero-order valence-corrected chi connectivity index (χ0v) is 13.0. The lowest BCUT2D eigenvalue weighted by atomic mass is 10.1. The Labute approximate surface area is 140 Å². The average Bonchev–Trinajstić information content (AvgIpc) is 2.53. The number of esters is 1. The maximum Gasteiger partial charge on any atom is 0.369 e. The van der Waals surface area contributed by atoms with Gasteiger partial charge in [-0.15, -0.1) is 0 Å². The highest BCUT2D eigenvalue weighted by atomic mass is 16.6. The van der Waals surface area contributed by atoms with E-state index in [0.717, 1.165) is 32.1 Å². The van der Waals surface area contributed by atoms with Gasteiger partial charge in [-0.3, -0.25) is 20.3 Å². The molecule has 8 heteroatoms. The van der Waals surface area contributed by atoms with E-state index in [4.69, 9.17) is 14.3 Å². The van der Waals surface area contributed by atoms with Gasteiger partial charge in [-0.1, -0.05) is 32.1 Å². The van der Waals surface area contributed by atoms with Gasteiger partial charge >= 0.3 is 5.97 Å². The number of ether oxygens (including phenoxy) is 2. The summed E-state index contributed by atoms with van der Waals surface area (Å²) < 4.78 is 32.1. The molecule has 8 nitrogen and oxygen atoms in total. The molecule has 0 aromatic heterocycles. The molecule has 0 radical (unpaired) electrons. The van der Waals surface area contributed by atoms with Crippen molar-refractivity contribution < 1.29 is 28.0 Å². The van der Waals surface area contributed by atoms with Gasteiger partial charge in [0.15, 0.2) is 0 Å². The van der Waals surface area contributed by atoms with Crippen molar-refractivity contribution in [1.29, 1.82) is 5.41 Å². The molecule has 130 valence electrons. The predicted molar refractivity (Wildman–Crippen MR) is 82.5 cm³/mol. The number of hydrogen-bond acceptors (Lipinski definition) is 6. The van der Waals surface area contributed by atoms with Crippen molar-refractivity contribution in [2.24, 2.45) is 0 Å². The Morgan fingerprint density at radius 3 is 2.57 bits per heavy atom. The molecule has 0 aliphatic carbocycles. The smallest absolute Gasteiger partial charge is 0.369 e. The van der Waals surface area contributed by atoms with Crippen LogP contribution in [0.1, 0.15) is 55.5 Å². The molecule has 1 fully saturated rings. The van der Waals surface area contributed by atoms with Crippen LogP contribution in [0, 0.1) is 5.41 Å². The van der Waals surface area contributed by atoms with Gasteiger partial charge in [0.1, 0.15) is 0 Å². The molecule has 1 aliphatic heterocycles. The summed E-state index contributed by atoms with van der Waals surface area (Å²) in [7, 11) is 0. The normalized spacial score (nSPS) is 25.4. The molecule has 23 heavy (non-hydrogen) atoms. The highest BCUT2D eigenvalue weighted by molar-refractivity contribution is 5.96. The first-order chi connectivity index (χ1) is 12.3. The van der Waals surface area contributed by atoms with Crippen LogP contribution in [0.5, 0.6) is 0 Å². The predicted octanol–water partition coefficient (Wildman–Crippen LogP) is 1.15. The van der Waals surface area contributed by atoms with E-state index in [1.807, 2.05) is 0 Å². The average molecular weight is 330 g/mol. The molecule has 1 unspecified atom stereocenters. The molecule has 2 N–H and O–H groups in total. The number of nitrogens with zero attached hydrogens (tertiary/aromatic N) is 1. The fourth-order valence-corrected chi connectivity index (χ4v) is 2.16. The number of likely N-dealkylation sites (N-methyl/N-ethyl adjacent to an activating group) is 1. The van der Waals surface area contributed by atoms with Crippen molar-refractivity contribution >= 4 is 24.3 Å². The Kier molecular flexibility index (Phi) is 6.66. The Morgan fingerprint density at radius 2 is 1.91 bits per heavy atom. The van der Waals surface area contributed by atoms with Crippen LogP contribution in [0.3, 0.4) is 0 Å². The van der Waals surface area contributed by atoms with Crippen LogP contribution in [0.2, 0.25) is 0 Å². The molecule has 0 aromatic carbocycles. The van der Waals surface area contributed by atoms with Crippen molar-refractivity contribution in [3.05, 3.63) is 0 Å². The maximum atomic E-state index is 12.2. The molecule has 0 bridgehead atoms. The van der Waals surface area contributed by atoms with Gasteiger partial charge in [0.05, 0.1) is 6.61 Å². The minimum Gasteiger partial charge on any atom is -0.461 e. The van der Waals surface area contributed by atoms with Crippen LogP contribution in [-0.4, -0.2) is 49.0 Å². The molecule has 1 atom stereocenters. The van der Waals surface area contributed by atoms with E-state index in [0.29, 0.717) is 12.8 Å². The third-order valence-corrected chi connectivity index (χ3v) is 3.41. The third kappa shape index (κ3) is 7.12. The number of hydrogen-bond donors (Lipinski definition) is 2. The van der Waals surface area contributed by atoms with Crippen LogP contribution in [0.25, 0.3) is 0 Å². The molecule has 0 saturated carbocycles. The summed E-state index contributed by atoms with van der Waals surface area (Å²) in [5, 5.41) is 10.0. The summed E-state index contributed by atoms with van der Waals surface area (Å²) in [5.41, 5.74) is 0. The number of carbonyl (C=O) groups is 3. The van der Waals surface area contributed by atoms with Crippen molar-refractivity contribution in [2.75, 3.05) is 13.6 Å². The first kappa shape index (κ1) is 14.5. The largest absolute Gasteiger partial charge is 0.461 e. The molecular formula is C15H25N3O5. The summed E-state index contributed by atoms with van der Waals surface area (Å²) in [5.74, 6) is -2.51. The number of cyclic esters (lactones) is 1. The standard InChI is InChI=1S/C15H25N3O5/c1-18-13(23-11-19)14(21)22-10-8-6-4-2-3-5-7-9-12(20)17-15(18)16/h11,13H,2-10H2,1H3,(H2,16,17,20)/i1D3. The van der Waals surface area contributed by atoms with Crippen molar-refractivity contribution in [3.8, 4) is 0 Å². The zero-order valence-electron chi connectivity index (χ0n) is 16.0. The van der Waals surface area contributed by atoms with E-state index < -0.39 is 31.0 Å². The summed E-state index contributed by atoms with van der Waals surface area (Å²) >= 11 is 0. The van der Waals surface area contributed by atoms with Crippen molar-refractivity contribution in [3.63, 3.8) is 0 Å². The molecule has 1 heterocycles. The molecule has 1 aliphatic rings. The Hall–Kier alpha value is -2.12. The van der Waals surface area contributed by atoms with Crippen LogP contribution >= 0.6 is 0 Å². The van der Waals surface area contributed by atoms with Gasteiger partial charge in [0.25, 0.3) is 12.7 Å². The lowest BCUT2D eigenvalue weighted by Gasteiger charge is -2.26. The number of carbonyl (C=O) groups excluding carboxylic acids is 3. The molecule has 0 spiro atoms. The van der Waals surface area contributed by atoms with E-state index in [1.165, 1.54) is 0 Å². The molecule has 1 saturated heterocycles. The SMILES string of the molecule is [2H]C([2H])([2H])N1C(=N)NC(=O)CCCCCCCCCOC(=O)C1OC=O. The van der Waals surface area contributed by atoms with Gasteiger partial charge in [-0.05, 0) is 12.8 Å². The first-order valence-electron chi connectivity index (χ1n) is 9.21. The van der Waals surface area contributed by atoms with Gasteiger partial charge in [-0.2, -0.15) is 0 Å². The van der Waals surface area contributed by atoms with Crippen LogP contribution in [0.15, 0.2) is 0 Å². The van der Waals surface area contributed by atoms with E-state index in [2.05, 4.69) is 10.1 Å². The highest BCUT2D eigenvalue weighted by Crippen LogP contribution is 2.10. The van der Waals surface area contributed by atoms with Crippen molar-refractivity contribution in [1.82, 2.24) is 10.2 Å². The topological polar surface area (TPSA) is 109 Å². The first-order valence-corrected chi connectivity index (χ1v) is 7.71. The molecule has 0 aromatic rings. The van der Waals surface area contributed by atoms with E-state index >= 15 is 0 Å². The highest BCUT2D eigenvalue weighted by Gasteiger charge is 2.29. The monoisotopic (exact) mass is 330 g/mol. The quantitative estimate of drug-likeness (QED) is 0.580. The maximum absolute atomic E-state index is 12.2. The van der Waals surface area contributed by atoms with Gasteiger partial charge in [0, 0.05) is 17.5 Å². The summed E-state index contributed by atoms with van der Waals surface area (Å²) in [6.45, 7) is -3.06. The minimum atomic E-state index is -3.01. The number of rotatable bonds is 2. The fraction of sp³-hybridized carbons (Fsp3) is 0.733. The lowest BCUT2D eigenvalue weighted by Crippen LogP contribution is -2.50. The lowest BCUT2D eigenvalue weighted by molar-refractivity contribution is -0.169. The zero-order chi connectivity index (χ0) is 19.6. The van der Waals surface area contributed by atoms with Gasteiger partial charge in [0.2, 0.25) is 11.9 Å². The molecular weight excluding hydrogens is 302 g/mol. The second-order valence-electron chi connectivity index (χ2n) is 5.24. The third-order valence-electron chi connectivity index (χ3n) is 3.41. The summed E-state index contributed by atoms with van der Waals surface area (Å²) in [4.78, 5) is 35.1. The van der Waals surface area contributed by atoms with Crippen LogP contribution in [0.4, 0.5) is 0 Å². The van der Waals surface area contributed by atoms with Crippen molar-refractivity contribution in [2.45, 2.75) is 57.6 Å². The minimum absolute atomic E-state index is 0.0477. The van der Waals surface area contributed by atoms with E-state index in [1.54, 1.807) is 0 Å². The number of amides is 1. The summed E-state index contributed by atoms with van der Waals surface area (Å²) in [6, 6.07) is 0. The Balaban J connectivity index is 3.00. The summed E-state index contributed by atoms with van der Waals surface area (Å²) in [6.07, 6.45) is 3.99.